The van der Waals surface area contributed by atoms with Crippen molar-refractivity contribution in [2.45, 2.75) is 50.8 Å². The summed E-state index contributed by atoms with van der Waals surface area (Å²) in [5.74, 6) is -0.817. The van der Waals surface area contributed by atoms with Crippen LogP contribution in [0.25, 0.3) is 0 Å². The van der Waals surface area contributed by atoms with Gasteiger partial charge in [-0.2, -0.15) is 0 Å². The molecule has 1 saturated heterocycles. The van der Waals surface area contributed by atoms with E-state index < -0.39 is 18.1 Å². The topological polar surface area (TPSA) is 118 Å². The Hall–Kier alpha value is -4.41. The Morgan fingerprint density at radius 3 is 2.13 bits per heavy atom. The molecular weight excluding hydrogens is 572 g/mol. The van der Waals surface area contributed by atoms with Crippen LogP contribution in [0.1, 0.15) is 42.9 Å². The number of rotatable bonds is 13. The highest BCUT2D eigenvalue weighted by Gasteiger charge is 2.33. The molecule has 4 rings (SSSR count). The van der Waals surface area contributed by atoms with E-state index in [1.165, 1.54) is 7.11 Å². The fourth-order valence-corrected chi connectivity index (χ4v) is 5.48. The third-order valence-electron chi connectivity index (χ3n) is 8.00. The van der Waals surface area contributed by atoms with Crippen LogP contribution in [0, 0.1) is 0 Å². The first-order valence-electron chi connectivity index (χ1n) is 15.5. The van der Waals surface area contributed by atoms with Gasteiger partial charge in [0.15, 0.2) is 0 Å². The van der Waals surface area contributed by atoms with Crippen molar-refractivity contribution < 1.29 is 28.6 Å². The number of ether oxygens (including phenoxy) is 3. The first-order chi connectivity index (χ1) is 21.9. The summed E-state index contributed by atoms with van der Waals surface area (Å²) >= 11 is 0. The average Bonchev–Trinajstić information content (AvgIpc) is 3.08. The lowest BCUT2D eigenvalue weighted by atomic mass is 9.84. The Labute approximate surface area is 265 Å². The van der Waals surface area contributed by atoms with Gasteiger partial charge >= 0.3 is 12.2 Å². The molecule has 3 N–H and O–H groups in total. The molecule has 3 amide bonds. The van der Waals surface area contributed by atoms with Crippen molar-refractivity contribution in [3.8, 4) is 0 Å². The molecule has 3 atom stereocenters. The zero-order valence-corrected chi connectivity index (χ0v) is 26.2. The van der Waals surface area contributed by atoms with E-state index in [9.17, 15) is 14.4 Å². The maximum Gasteiger partial charge on any atom is 0.409 e. The van der Waals surface area contributed by atoms with Gasteiger partial charge < -0.3 is 35.1 Å². The Balaban J connectivity index is 1.41. The summed E-state index contributed by atoms with van der Waals surface area (Å²) in [6.07, 6.45) is 0.360. The number of nitrogens with zero attached hydrogens (tertiary/aromatic N) is 1. The van der Waals surface area contributed by atoms with Crippen LogP contribution in [0.15, 0.2) is 84.9 Å². The number of alkyl carbamates (subject to hydrolysis) is 1. The zero-order valence-electron chi connectivity index (χ0n) is 26.2. The predicted octanol–water partition coefficient (Wildman–Crippen LogP) is 4.95. The predicted molar refractivity (Wildman–Crippen MR) is 173 cm³/mol. The summed E-state index contributed by atoms with van der Waals surface area (Å²) in [4.78, 5) is 40.3. The van der Waals surface area contributed by atoms with Crippen LogP contribution in [0.2, 0.25) is 0 Å². The lowest BCUT2D eigenvalue weighted by Crippen LogP contribution is -2.49. The molecule has 10 nitrogen and oxygen atoms in total. The van der Waals surface area contributed by atoms with Crippen LogP contribution in [-0.2, 0) is 25.4 Å². The Bertz CT molecular complexity index is 1320. The highest BCUT2D eigenvalue weighted by molar-refractivity contribution is 5.98. The standard InChI is InChI=1S/C35H44N4O6/c1-4-39(5-2)35(42)45-24-28-23-44-29(22-36-28)21-20-25-14-12-13-19-30(25)37-33(40)32(38-34(41)43-3)31(26-15-8-6-9-16-26)27-17-10-7-11-18-27/h6-19,28-29,31-32,36H,4-5,20-24H2,1-3H3,(H,37,40)(H,38,41)/t28-,29+,32-/m0/s1. The van der Waals surface area contributed by atoms with Crippen LogP contribution in [0.3, 0.4) is 0 Å². The maximum atomic E-state index is 14.0. The van der Waals surface area contributed by atoms with E-state index in [1.54, 1.807) is 4.90 Å². The van der Waals surface area contributed by atoms with E-state index in [1.807, 2.05) is 98.8 Å². The van der Waals surface area contributed by atoms with Crippen LogP contribution in [0.4, 0.5) is 15.3 Å². The summed E-state index contributed by atoms with van der Waals surface area (Å²) in [5.41, 5.74) is 3.40. The third-order valence-corrected chi connectivity index (χ3v) is 8.00. The zero-order chi connectivity index (χ0) is 32.0. The van der Waals surface area contributed by atoms with Crippen molar-refractivity contribution >= 4 is 23.8 Å². The van der Waals surface area contributed by atoms with Gasteiger partial charge in [0.1, 0.15) is 12.6 Å². The van der Waals surface area contributed by atoms with Crippen molar-refractivity contribution in [1.29, 1.82) is 0 Å². The molecule has 0 aliphatic carbocycles. The average molecular weight is 617 g/mol. The normalized spacial score (nSPS) is 16.8. The molecule has 0 unspecified atom stereocenters. The lowest BCUT2D eigenvalue weighted by Gasteiger charge is -2.31. The summed E-state index contributed by atoms with van der Waals surface area (Å²) < 4.78 is 16.4. The minimum Gasteiger partial charge on any atom is -0.453 e. The number of hydrogen-bond donors (Lipinski definition) is 3. The highest BCUT2D eigenvalue weighted by Crippen LogP contribution is 2.30. The van der Waals surface area contributed by atoms with Crippen molar-refractivity contribution in [2.75, 3.05) is 45.3 Å². The Kier molecular flexibility index (Phi) is 12.8. The first-order valence-corrected chi connectivity index (χ1v) is 15.5. The molecule has 0 spiro atoms. The smallest absolute Gasteiger partial charge is 0.409 e. The number of para-hydroxylation sites is 1. The van der Waals surface area contributed by atoms with Gasteiger partial charge in [-0.15, -0.1) is 0 Å². The van der Waals surface area contributed by atoms with Crippen LogP contribution in [0.5, 0.6) is 0 Å². The number of anilines is 1. The van der Waals surface area contributed by atoms with E-state index in [4.69, 9.17) is 14.2 Å². The van der Waals surface area contributed by atoms with E-state index in [0.29, 0.717) is 38.3 Å². The number of benzene rings is 3. The van der Waals surface area contributed by atoms with Crippen LogP contribution >= 0.6 is 0 Å². The minimum atomic E-state index is -0.950. The second kappa shape index (κ2) is 17.2. The molecule has 1 fully saturated rings. The van der Waals surface area contributed by atoms with E-state index in [-0.39, 0.29) is 30.8 Å². The van der Waals surface area contributed by atoms with E-state index in [0.717, 1.165) is 23.1 Å². The van der Waals surface area contributed by atoms with Crippen LogP contribution < -0.4 is 16.0 Å². The van der Waals surface area contributed by atoms with E-state index in [2.05, 4.69) is 16.0 Å². The van der Waals surface area contributed by atoms with Gasteiger partial charge in [0, 0.05) is 31.2 Å². The number of carbonyl (C=O) groups is 3. The SMILES string of the molecule is CCN(CC)C(=O)OC[C@@H]1CO[C@H](CCc2ccccc2NC(=O)[C@@H](NC(=O)OC)C(c2ccccc2)c2ccccc2)CN1. The molecule has 3 aromatic rings. The summed E-state index contributed by atoms with van der Waals surface area (Å²) in [6, 6.07) is 25.9. The molecule has 1 aliphatic rings. The quantitative estimate of drug-likeness (QED) is 0.249. The first kappa shape index (κ1) is 33.5. The van der Waals surface area contributed by atoms with Crippen molar-refractivity contribution in [3.63, 3.8) is 0 Å². The number of hydrogen-bond acceptors (Lipinski definition) is 7. The number of morpholine rings is 1. The monoisotopic (exact) mass is 616 g/mol. The van der Waals surface area contributed by atoms with Crippen molar-refractivity contribution in [1.82, 2.24) is 15.5 Å². The second-order valence-corrected chi connectivity index (χ2v) is 10.9. The number of aryl methyl sites for hydroxylation is 1. The molecule has 0 aromatic heterocycles. The molecule has 0 bridgehead atoms. The molecule has 10 heteroatoms. The lowest BCUT2D eigenvalue weighted by molar-refractivity contribution is -0.118. The summed E-state index contributed by atoms with van der Waals surface area (Å²) in [5, 5.41) is 9.29. The molecule has 1 aliphatic heterocycles. The maximum absolute atomic E-state index is 14.0. The molecule has 1 heterocycles. The summed E-state index contributed by atoms with van der Waals surface area (Å²) in [6.45, 7) is 6.38. The molecule has 45 heavy (non-hydrogen) atoms. The van der Waals surface area contributed by atoms with Crippen molar-refractivity contribution in [2.24, 2.45) is 0 Å². The van der Waals surface area contributed by atoms with Gasteiger partial charge in [0.25, 0.3) is 0 Å². The van der Waals surface area contributed by atoms with Crippen molar-refractivity contribution in [3.05, 3.63) is 102 Å². The van der Waals surface area contributed by atoms with Gasteiger partial charge in [-0.05, 0) is 49.4 Å². The number of methoxy groups -OCH3 is 1. The molecule has 0 radical (unpaired) electrons. The minimum absolute atomic E-state index is 0.0298. The fourth-order valence-electron chi connectivity index (χ4n) is 5.48. The summed E-state index contributed by atoms with van der Waals surface area (Å²) in [7, 11) is 1.28. The number of nitrogens with one attached hydrogen (secondary N) is 3. The van der Waals surface area contributed by atoms with Crippen LogP contribution in [-0.4, -0.2) is 81.1 Å². The largest absolute Gasteiger partial charge is 0.453 e. The van der Waals surface area contributed by atoms with Gasteiger partial charge in [-0.1, -0.05) is 78.9 Å². The Morgan fingerprint density at radius 1 is 0.933 bits per heavy atom. The van der Waals surface area contributed by atoms with Gasteiger partial charge in [0.2, 0.25) is 5.91 Å². The second-order valence-electron chi connectivity index (χ2n) is 10.9. The number of carbonyl (C=O) groups excluding carboxylic acids is 3. The molecular formula is C35H44N4O6. The van der Waals surface area contributed by atoms with Gasteiger partial charge in [0.05, 0.1) is 25.9 Å². The molecule has 3 aromatic carbocycles. The van der Waals surface area contributed by atoms with Gasteiger partial charge in [-0.25, -0.2) is 9.59 Å². The van der Waals surface area contributed by atoms with Gasteiger partial charge in [-0.3, -0.25) is 4.79 Å². The molecule has 0 saturated carbocycles. The third kappa shape index (κ3) is 9.54. The Morgan fingerprint density at radius 2 is 1.56 bits per heavy atom. The fraction of sp³-hybridized carbons (Fsp3) is 0.400. The highest BCUT2D eigenvalue weighted by atomic mass is 16.6. The van der Waals surface area contributed by atoms with E-state index >= 15 is 0 Å². The number of amides is 3. The molecule has 240 valence electrons.